The summed E-state index contributed by atoms with van der Waals surface area (Å²) < 4.78 is 5.16. The van der Waals surface area contributed by atoms with Gasteiger partial charge in [0.2, 0.25) is 0 Å². The number of amides is 1. The van der Waals surface area contributed by atoms with E-state index in [0.717, 1.165) is 12.0 Å². The number of aryl methyl sites for hydroxylation is 1. The van der Waals surface area contributed by atoms with E-state index in [-0.39, 0.29) is 30.1 Å². The van der Waals surface area contributed by atoms with Crippen LogP contribution < -0.4 is 5.32 Å². The van der Waals surface area contributed by atoms with Gasteiger partial charge in [-0.25, -0.2) is 4.79 Å². The fourth-order valence-electron chi connectivity index (χ4n) is 2.56. The largest absolute Gasteiger partial charge is 0.452 e. The zero-order valence-electron chi connectivity index (χ0n) is 16.4. The van der Waals surface area contributed by atoms with Crippen LogP contribution in [0.1, 0.15) is 48.3 Å². The first kappa shape index (κ1) is 21.7. The summed E-state index contributed by atoms with van der Waals surface area (Å²) in [6.07, 6.45) is 0.961. The number of hydrogen-bond acceptors (Lipinski definition) is 5. The Morgan fingerprint density at radius 1 is 1.07 bits per heavy atom. The van der Waals surface area contributed by atoms with E-state index in [2.05, 4.69) is 12.2 Å². The highest BCUT2D eigenvalue weighted by atomic mass is 32.2. The molecule has 28 heavy (non-hydrogen) atoms. The van der Waals surface area contributed by atoms with Crippen molar-refractivity contribution in [1.82, 2.24) is 5.32 Å². The lowest BCUT2D eigenvalue weighted by atomic mass is 10.1. The van der Waals surface area contributed by atoms with Crippen LogP contribution in [0, 0.1) is 0 Å². The fourth-order valence-corrected chi connectivity index (χ4v) is 3.40. The molecule has 148 valence electrons. The number of nitrogens with one attached hydrogen (secondary N) is 1. The average Bonchev–Trinajstić information content (AvgIpc) is 2.70. The van der Waals surface area contributed by atoms with Gasteiger partial charge in [-0.1, -0.05) is 43.3 Å². The summed E-state index contributed by atoms with van der Waals surface area (Å²) >= 11 is 1.28. The molecule has 0 saturated heterocycles. The van der Waals surface area contributed by atoms with Gasteiger partial charge in [0.05, 0.1) is 17.4 Å². The van der Waals surface area contributed by atoms with Crippen molar-refractivity contribution in [3.63, 3.8) is 0 Å². The summed E-state index contributed by atoms with van der Waals surface area (Å²) in [5, 5.41) is 2.83. The lowest BCUT2D eigenvalue weighted by Crippen LogP contribution is -2.31. The van der Waals surface area contributed by atoms with Gasteiger partial charge >= 0.3 is 5.97 Å². The van der Waals surface area contributed by atoms with Gasteiger partial charge in [0, 0.05) is 4.90 Å². The van der Waals surface area contributed by atoms with Gasteiger partial charge in [-0.15, -0.1) is 11.8 Å². The zero-order chi connectivity index (χ0) is 20.5. The maximum atomic E-state index is 12.3. The van der Waals surface area contributed by atoms with Gasteiger partial charge in [-0.2, -0.15) is 0 Å². The molecule has 0 aliphatic heterocycles. The standard InChI is InChI=1S/C22H25NO4S/c1-4-17-9-11-18(12-10-17)16(3)23-21(25)13-27-22(26)19-7-5-6-8-20(19)28-14-15(2)24/h5-12,16H,4,13-14H2,1-3H3,(H,23,25)/t16-/m1/s1. The van der Waals surface area contributed by atoms with E-state index in [1.807, 2.05) is 31.2 Å². The summed E-state index contributed by atoms with van der Waals surface area (Å²) in [6.45, 7) is 5.11. The van der Waals surface area contributed by atoms with Crippen molar-refractivity contribution in [3.8, 4) is 0 Å². The zero-order valence-corrected chi connectivity index (χ0v) is 17.2. The van der Waals surface area contributed by atoms with Crippen molar-refractivity contribution in [2.45, 2.75) is 38.1 Å². The van der Waals surface area contributed by atoms with E-state index in [4.69, 9.17) is 4.74 Å². The van der Waals surface area contributed by atoms with Crippen LogP contribution in [0.5, 0.6) is 0 Å². The molecule has 1 amide bonds. The van der Waals surface area contributed by atoms with Crippen LogP contribution in [0.15, 0.2) is 53.4 Å². The molecule has 5 nitrogen and oxygen atoms in total. The molecule has 0 bridgehead atoms. The van der Waals surface area contributed by atoms with E-state index in [0.29, 0.717) is 10.5 Å². The molecule has 0 aliphatic carbocycles. The van der Waals surface area contributed by atoms with Crippen LogP contribution in [0.3, 0.4) is 0 Å². The van der Waals surface area contributed by atoms with Crippen molar-refractivity contribution in [3.05, 3.63) is 65.2 Å². The lowest BCUT2D eigenvalue weighted by Gasteiger charge is -2.15. The molecule has 0 radical (unpaired) electrons. The Hall–Kier alpha value is -2.60. The topological polar surface area (TPSA) is 72.5 Å². The van der Waals surface area contributed by atoms with Gasteiger partial charge in [-0.05, 0) is 43.5 Å². The van der Waals surface area contributed by atoms with Crippen molar-refractivity contribution in [2.24, 2.45) is 0 Å². The number of esters is 1. The quantitative estimate of drug-likeness (QED) is 0.510. The molecule has 0 aromatic heterocycles. The molecule has 2 aromatic carbocycles. The molecule has 0 saturated carbocycles. The first-order valence-electron chi connectivity index (χ1n) is 9.17. The van der Waals surface area contributed by atoms with Crippen molar-refractivity contribution >= 4 is 29.4 Å². The molecule has 1 atom stereocenters. The molecule has 0 spiro atoms. The molecule has 1 N–H and O–H groups in total. The predicted octanol–water partition coefficient (Wildman–Crippen LogP) is 3.96. The van der Waals surface area contributed by atoms with Crippen LogP contribution in [0.2, 0.25) is 0 Å². The predicted molar refractivity (Wildman–Crippen MR) is 111 cm³/mol. The minimum absolute atomic E-state index is 0.0218. The number of carbonyl (C=O) groups excluding carboxylic acids is 3. The maximum absolute atomic E-state index is 12.3. The summed E-state index contributed by atoms with van der Waals surface area (Å²) in [6, 6.07) is 14.7. The molecule has 2 aromatic rings. The van der Waals surface area contributed by atoms with E-state index >= 15 is 0 Å². The minimum atomic E-state index is -0.582. The third-order valence-corrected chi connectivity index (χ3v) is 5.36. The van der Waals surface area contributed by atoms with E-state index in [9.17, 15) is 14.4 Å². The SMILES string of the molecule is CCc1ccc([C@@H](C)NC(=O)COC(=O)c2ccccc2SCC(C)=O)cc1. The third kappa shape index (κ3) is 6.53. The first-order valence-corrected chi connectivity index (χ1v) is 10.2. The highest BCUT2D eigenvalue weighted by molar-refractivity contribution is 8.00. The third-order valence-electron chi connectivity index (χ3n) is 4.14. The monoisotopic (exact) mass is 399 g/mol. The molecular formula is C22H25NO4S. The summed E-state index contributed by atoms with van der Waals surface area (Å²) in [5.74, 6) is -0.649. The Bertz CT molecular complexity index is 833. The minimum Gasteiger partial charge on any atom is -0.452 e. The van der Waals surface area contributed by atoms with Gasteiger partial charge in [0.1, 0.15) is 5.78 Å². The number of ketones is 1. The Morgan fingerprint density at radius 3 is 2.39 bits per heavy atom. The summed E-state index contributed by atoms with van der Waals surface area (Å²) in [4.78, 5) is 36.3. The van der Waals surface area contributed by atoms with Crippen LogP contribution in [-0.4, -0.2) is 30.0 Å². The first-order chi connectivity index (χ1) is 13.4. The number of Topliss-reactive ketones (excluding diaryl/α,β-unsaturated/α-hetero) is 1. The van der Waals surface area contributed by atoms with Crippen LogP contribution >= 0.6 is 11.8 Å². The number of thioether (sulfide) groups is 1. The molecule has 2 rings (SSSR count). The smallest absolute Gasteiger partial charge is 0.339 e. The normalized spacial score (nSPS) is 11.5. The molecular weight excluding hydrogens is 374 g/mol. The number of benzene rings is 2. The molecule has 0 heterocycles. The Kier molecular flexibility index (Phi) is 8.26. The van der Waals surface area contributed by atoms with E-state index in [1.165, 1.54) is 24.2 Å². The van der Waals surface area contributed by atoms with Gasteiger partial charge in [-0.3, -0.25) is 9.59 Å². The van der Waals surface area contributed by atoms with Crippen LogP contribution in [0.4, 0.5) is 0 Å². The highest BCUT2D eigenvalue weighted by Crippen LogP contribution is 2.23. The van der Waals surface area contributed by atoms with Crippen molar-refractivity contribution in [2.75, 3.05) is 12.4 Å². The van der Waals surface area contributed by atoms with Crippen molar-refractivity contribution < 1.29 is 19.1 Å². The second-order valence-corrected chi connectivity index (χ2v) is 7.46. The Balaban J connectivity index is 1.89. The maximum Gasteiger partial charge on any atom is 0.339 e. The van der Waals surface area contributed by atoms with E-state index < -0.39 is 5.97 Å². The number of carbonyl (C=O) groups is 3. The molecule has 0 fully saturated rings. The summed E-state index contributed by atoms with van der Waals surface area (Å²) in [7, 11) is 0. The second-order valence-electron chi connectivity index (χ2n) is 6.45. The average molecular weight is 400 g/mol. The lowest BCUT2D eigenvalue weighted by molar-refractivity contribution is -0.124. The Morgan fingerprint density at radius 2 is 1.75 bits per heavy atom. The fraction of sp³-hybridized carbons (Fsp3) is 0.318. The Labute approximate surface area is 169 Å². The van der Waals surface area contributed by atoms with Crippen molar-refractivity contribution in [1.29, 1.82) is 0 Å². The second kappa shape index (κ2) is 10.7. The molecule has 6 heteroatoms. The number of hydrogen-bond donors (Lipinski definition) is 1. The van der Waals surface area contributed by atoms with Crippen LogP contribution in [-0.2, 0) is 20.7 Å². The highest BCUT2D eigenvalue weighted by Gasteiger charge is 2.16. The molecule has 0 aliphatic rings. The van der Waals surface area contributed by atoms with Gasteiger partial charge in [0.15, 0.2) is 6.61 Å². The van der Waals surface area contributed by atoms with Gasteiger partial charge < -0.3 is 10.1 Å². The van der Waals surface area contributed by atoms with E-state index in [1.54, 1.807) is 24.3 Å². The number of rotatable bonds is 9. The van der Waals surface area contributed by atoms with Crippen LogP contribution in [0.25, 0.3) is 0 Å². The summed E-state index contributed by atoms with van der Waals surface area (Å²) in [5.41, 5.74) is 2.57. The van der Waals surface area contributed by atoms with Gasteiger partial charge in [0.25, 0.3) is 5.91 Å². The molecule has 0 unspecified atom stereocenters. The number of ether oxygens (including phenoxy) is 1.